The van der Waals surface area contributed by atoms with Crippen LogP contribution in [0.3, 0.4) is 0 Å². The van der Waals surface area contributed by atoms with Crippen molar-refractivity contribution in [1.29, 1.82) is 0 Å². The molecule has 2 rings (SSSR count). The van der Waals surface area contributed by atoms with E-state index in [0.717, 1.165) is 27.9 Å². The zero-order chi connectivity index (χ0) is 14.6. The maximum atomic E-state index is 11.7. The Hall–Kier alpha value is -1.08. The van der Waals surface area contributed by atoms with Gasteiger partial charge in [-0.2, -0.15) is 0 Å². The Morgan fingerprint density at radius 1 is 1.35 bits per heavy atom. The summed E-state index contributed by atoms with van der Waals surface area (Å²) in [6.45, 7) is 0.910. The van der Waals surface area contributed by atoms with Crippen LogP contribution in [0.4, 0.5) is 4.79 Å². The van der Waals surface area contributed by atoms with E-state index in [9.17, 15) is 9.59 Å². The molecule has 5 nitrogen and oxygen atoms in total. The molecule has 0 saturated heterocycles. The summed E-state index contributed by atoms with van der Waals surface area (Å²) in [7, 11) is 0. The molecule has 1 aliphatic rings. The first-order valence-corrected chi connectivity index (χ1v) is 8.08. The van der Waals surface area contributed by atoms with E-state index >= 15 is 0 Å². The Balaban J connectivity index is 1.73. The summed E-state index contributed by atoms with van der Waals surface area (Å²) < 4.78 is 1.03. The number of hydrogen-bond donors (Lipinski definition) is 3. The number of carboxylic acids is 1. The van der Waals surface area contributed by atoms with E-state index in [1.807, 2.05) is 12.1 Å². The molecule has 110 valence electrons. The minimum Gasteiger partial charge on any atom is -0.481 e. The second-order valence-corrected chi connectivity index (χ2v) is 7.71. The van der Waals surface area contributed by atoms with Crippen LogP contribution in [0.5, 0.6) is 0 Å². The number of hydrogen-bond acceptors (Lipinski definition) is 3. The summed E-state index contributed by atoms with van der Waals surface area (Å²) >= 11 is 4.94. The van der Waals surface area contributed by atoms with Crippen LogP contribution >= 0.6 is 27.3 Å². The first-order chi connectivity index (χ1) is 9.49. The topological polar surface area (TPSA) is 78.4 Å². The Morgan fingerprint density at radius 2 is 2.10 bits per heavy atom. The van der Waals surface area contributed by atoms with Gasteiger partial charge in [0.2, 0.25) is 0 Å². The fraction of sp³-hybridized carbons (Fsp3) is 0.538. The molecular weight excluding hydrogens is 344 g/mol. The number of carbonyl (C=O) groups is 2. The second-order valence-electron chi connectivity index (χ2n) is 5.17. The van der Waals surface area contributed by atoms with Crippen LogP contribution in [0.1, 0.15) is 30.6 Å². The van der Waals surface area contributed by atoms with Crippen molar-refractivity contribution >= 4 is 39.3 Å². The van der Waals surface area contributed by atoms with E-state index in [4.69, 9.17) is 5.11 Å². The molecule has 1 heterocycles. The SMILES string of the molecule is O=C(O)CC1(CNC(=O)NCc2ccc(Br)s2)CCC1. The smallest absolute Gasteiger partial charge is 0.315 e. The molecule has 3 N–H and O–H groups in total. The van der Waals surface area contributed by atoms with Crippen LogP contribution in [-0.4, -0.2) is 23.7 Å². The zero-order valence-corrected chi connectivity index (χ0v) is 13.3. The van der Waals surface area contributed by atoms with Crippen LogP contribution < -0.4 is 10.6 Å². The molecule has 0 radical (unpaired) electrons. The Morgan fingerprint density at radius 3 is 2.60 bits per heavy atom. The van der Waals surface area contributed by atoms with E-state index in [1.54, 1.807) is 11.3 Å². The van der Waals surface area contributed by atoms with Gasteiger partial charge in [-0.15, -0.1) is 11.3 Å². The van der Waals surface area contributed by atoms with Gasteiger partial charge in [-0.25, -0.2) is 4.79 Å². The van der Waals surface area contributed by atoms with Crippen molar-refractivity contribution in [2.45, 2.75) is 32.2 Å². The molecule has 20 heavy (non-hydrogen) atoms. The molecule has 1 aromatic heterocycles. The van der Waals surface area contributed by atoms with Crippen molar-refractivity contribution in [2.75, 3.05) is 6.54 Å². The first kappa shape index (κ1) is 15.3. The van der Waals surface area contributed by atoms with Gasteiger partial charge < -0.3 is 15.7 Å². The minimum absolute atomic E-state index is 0.130. The van der Waals surface area contributed by atoms with Gasteiger partial charge in [0.15, 0.2) is 0 Å². The van der Waals surface area contributed by atoms with E-state index in [2.05, 4.69) is 26.6 Å². The molecule has 1 aromatic rings. The third kappa shape index (κ3) is 4.21. The third-order valence-electron chi connectivity index (χ3n) is 3.62. The molecule has 0 spiro atoms. The lowest BCUT2D eigenvalue weighted by Crippen LogP contribution is -2.46. The fourth-order valence-corrected chi connectivity index (χ4v) is 3.78. The van der Waals surface area contributed by atoms with Crippen molar-refractivity contribution in [3.8, 4) is 0 Å². The minimum atomic E-state index is -0.796. The molecule has 7 heteroatoms. The van der Waals surface area contributed by atoms with Crippen LogP contribution in [-0.2, 0) is 11.3 Å². The molecule has 0 unspecified atom stereocenters. The van der Waals surface area contributed by atoms with Gasteiger partial charge in [0, 0.05) is 11.4 Å². The quantitative estimate of drug-likeness (QED) is 0.729. The predicted molar refractivity (Wildman–Crippen MR) is 80.8 cm³/mol. The van der Waals surface area contributed by atoms with Gasteiger partial charge in [0.1, 0.15) is 0 Å². The lowest BCUT2D eigenvalue weighted by atomic mass is 9.66. The van der Waals surface area contributed by atoms with Gasteiger partial charge in [0.25, 0.3) is 0 Å². The van der Waals surface area contributed by atoms with Gasteiger partial charge in [-0.3, -0.25) is 4.79 Å². The molecule has 2 amide bonds. The Bertz CT molecular complexity index is 500. The van der Waals surface area contributed by atoms with Crippen molar-refractivity contribution in [3.63, 3.8) is 0 Å². The van der Waals surface area contributed by atoms with Crippen molar-refractivity contribution in [1.82, 2.24) is 10.6 Å². The summed E-state index contributed by atoms with van der Waals surface area (Å²) in [5, 5.41) is 14.5. The number of nitrogens with one attached hydrogen (secondary N) is 2. The lowest BCUT2D eigenvalue weighted by molar-refractivity contribution is -0.141. The summed E-state index contributed by atoms with van der Waals surface area (Å²) in [5.41, 5.74) is -0.241. The molecule has 1 aliphatic carbocycles. The van der Waals surface area contributed by atoms with Crippen LogP contribution in [0.2, 0.25) is 0 Å². The van der Waals surface area contributed by atoms with E-state index in [0.29, 0.717) is 13.1 Å². The average Bonchev–Trinajstić information content (AvgIpc) is 2.75. The highest BCUT2D eigenvalue weighted by Crippen LogP contribution is 2.43. The summed E-state index contributed by atoms with van der Waals surface area (Å²) in [6, 6.07) is 3.65. The summed E-state index contributed by atoms with van der Waals surface area (Å²) in [6.07, 6.45) is 2.92. The largest absolute Gasteiger partial charge is 0.481 e. The van der Waals surface area contributed by atoms with Crippen LogP contribution in [0, 0.1) is 5.41 Å². The number of rotatable bonds is 6. The van der Waals surface area contributed by atoms with E-state index in [1.165, 1.54) is 0 Å². The molecule has 0 bridgehead atoms. The van der Waals surface area contributed by atoms with Crippen molar-refractivity contribution in [3.05, 3.63) is 20.8 Å². The number of amides is 2. The maximum absolute atomic E-state index is 11.7. The number of aliphatic carboxylic acids is 1. The number of thiophene rings is 1. The highest BCUT2D eigenvalue weighted by atomic mass is 79.9. The molecule has 0 aliphatic heterocycles. The molecular formula is C13H17BrN2O3S. The Kier molecular flexibility index (Phi) is 5.04. The maximum Gasteiger partial charge on any atom is 0.315 e. The predicted octanol–water partition coefficient (Wildman–Crippen LogP) is 2.95. The normalized spacial score (nSPS) is 16.2. The monoisotopic (exact) mass is 360 g/mol. The third-order valence-corrected chi connectivity index (χ3v) is 5.24. The van der Waals surface area contributed by atoms with Gasteiger partial charge in [-0.05, 0) is 46.3 Å². The van der Waals surface area contributed by atoms with Gasteiger partial charge in [-0.1, -0.05) is 6.42 Å². The molecule has 1 saturated carbocycles. The highest BCUT2D eigenvalue weighted by molar-refractivity contribution is 9.11. The fourth-order valence-electron chi connectivity index (χ4n) is 2.36. The van der Waals surface area contributed by atoms with E-state index in [-0.39, 0.29) is 17.9 Å². The van der Waals surface area contributed by atoms with Crippen molar-refractivity contribution in [2.24, 2.45) is 5.41 Å². The first-order valence-electron chi connectivity index (χ1n) is 6.47. The van der Waals surface area contributed by atoms with Crippen LogP contribution in [0.25, 0.3) is 0 Å². The average molecular weight is 361 g/mol. The number of urea groups is 1. The van der Waals surface area contributed by atoms with Crippen molar-refractivity contribution < 1.29 is 14.7 Å². The number of carbonyl (C=O) groups excluding carboxylic acids is 1. The highest BCUT2D eigenvalue weighted by Gasteiger charge is 2.39. The molecule has 1 fully saturated rings. The number of halogens is 1. The number of carboxylic acid groups (broad SMARTS) is 1. The molecule has 0 atom stereocenters. The summed E-state index contributed by atoms with van der Waals surface area (Å²) in [4.78, 5) is 23.6. The van der Waals surface area contributed by atoms with E-state index < -0.39 is 5.97 Å². The van der Waals surface area contributed by atoms with Gasteiger partial charge >= 0.3 is 12.0 Å². The summed E-state index contributed by atoms with van der Waals surface area (Å²) in [5.74, 6) is -0.796. The van der Waals surface area contributed by atoms with Gasteiger partial charge in [0.05, 0.1) is 16.8 Å². The molecule has 0 aromatic carbocycles. The standard InChI is InChI=1S/C13H17BrN2O3S/c14-10-3-2-9(20-10)7-15-12(19)16-8-13(4-1-5-13)6-11(17)18/h2-3H,1,4-8H2,(H,17,18)(H2,15,16,19). The van der Waals surface area contributed by atoms with Crippen LogP contribution in [0.15, 0.2) is 15.9 Å². The second kappa shape index (κ2) is 6.58. The lowest BCUT2D eigenvalue weighted by Gasteiger charge is -2.40. The Labute approximate surface area is 129 Å². The zero-order valence-electron chi connectivity index (χ0n) is 10.9.